The predicted octanol–water partition coefficient (Wildman–Crippen LogP) is 4.69. The quantitative estimate of drug-likeness (QED) is 0.659. The normalized spacial score (nSPS) is 16.6. The monoisotopic (exact) mass is 389 g/mol. The number of amides is 1. The van der Waals surface area contributed by atoms with Crippen LogP contribution >= 0.6 is 11.8 Å². The number of aliphatic imine (C=N–C) groups is 1. The smallest absolute Gasteiger partial charge is 0.264 e. The number of carbonyl (C=O) groups is 1. The van der Waals surface area contributed by atoms with Gasteiger partial charge in [-0.25, -0.2) is 4.99 Å². The molecule has 2 aromatic carbocycles. The van der Waals surface area contributed by atoms with E-state index >= 15 is 0 Å². The number of hydrogen-bond acceptors (Lipinski definition) is 4. The molecule has 140 valence electrons. The second-order valence-corrected chi connectivity index (χ2v) is 7.33. The number of methoxy groups -OCH3 is 1. The molecule has 0 saturated carbocycles. The zero-order valence-electron chi connectivity index (χ0n) is 15.5. The van der Waals surface area contributed by atoms with Gasteiger partial charge in [-0.05, 0) is 72.8 Å². The molecule has 0 bridgehead atoms. The Labute approximate surface area is 167 Å². The molecule has 1 aromatic heterocycles. The maximum atomic E-state index is 12.3. The van der Waals surface area contributed by atoms with Crippen LogP contribution in [-0.4, -0.2) is 22.8 Å². The second kappa shape index (κ2) is 7.78. The molecular formula is C22H19N3O2S. The summed E-state index contributed by atoms with van der Waals surface area (Å²) in [5.74, 6) is 0.690. The minimum atomic E-state index is -0.130. The lowest BCUT2D eigenvalue weighted by molar-refractivity contribution is -0.115. The van der Waals surface area contributed by atoms with Crippen molar-refractivity contribution in [2.45, 2.75) is 6.92 Å². The molecule has 0 unspecified atom stereocenters. The molecule has 1 saturated heterocycles. The van der Waals surface area contributed by atoms with E-state index in [1.54, 1.807) is 7.11 Å². The lowest BCUT2D eigenvalue weighted by atomic mass is 10.3. The maximum absolute atomic E-state index is 12.3. The van der Waals surface area contributed by atoms with Crippen LogP contribution in [-0.2, 0) is 4.79 Å². The molecule has 1 N–H and O–H groups in total. The zero-order chi connectivity index (χ0) is 19.5. The molecule has 6 heteroatoms. The lowest BCUT2D eigenvalue weighted by Crippen LogP contribution is -2.19. The Kier molecular flexibility index (Phi) is 5.04. The Hall–Kier alpha value is -3.25. The molecule has 2 heterocycles. The van der Waals surface area contributed by atoms with E-state index < -0.39 is 0 Å². The molecule has 3 aromatic rings. The van der Waals surface area contributed by atoms with E-state index in [9.17, 15) is 4.79 Å². The molecule has 0 atom stereocenters. The Morgan fingerprint density at radius 1 is 1.11 bits per heavy atom. The molecule has 0 aliphatic carbocycles. The summed E-state index contributed by atoms with van der Waals surface area (Å²) in [6.07, 6.45) is 3.91. The van der Waals surface area contributed by atoms with Crippen LogP contribution < -0.4 is 10.1 Å². The first kappa shape index (κ1) is 18.1. The van der Waals surface area contributed by atoms with Crippen LogP contribution in [0.4, 0.5) is 5.69 Å². The number of ether oxygens (including phenoxy) is 1. The van der Waals surface area contributed by atoms with E-state index in [1.807, 2.05) is 73.8 Å². The number of rotatable bonds is 4. The minimum Gasteiger partial charge on any atom is -0.497 e. The first-order valence-electron chi connectivity index (χ1n) is 8.80. The minimum absolute atomic E-state index is 0.130. The van der Waals surface area contributed by atoms with Gasteiger partial charge in [-0.2, -0.15) is 0 Å². The van der Waals surface area contributed by atoms with Crippen LogP contribution in [0.2, 0.25) is 0 Å². The highest BCUT2D eigenvalue weighted by molar-refractivity contribution is 8.18. The van der Waals surface area contributed by atoms with Gasteiger partial charge in [-0.3, -0.25) is 4.79 Å². The molecule has 1 amide bonds. The molecule has 28 heavy (non-hydrogen) atoms. The number of amidine groups is 1. The second-order valence-electron chi connectivity index (χ2n) is 6.30. The zero-order valence-corrected chi connectivity index (χ0v) is 16.4. The predicted molar refractivity (Wildman–Crippen MR) is 114 cm³/mol. The van der Waals surface area contributed by atoms with Crippen molar-refractivity contribution in [3.05, 3.63) is 83.0 Å². The molecular weight excluding hydrogens is 370 g/mol. The molecule has 0 spiro atoms. The van der Waals surface area contributed by atoms with Crippen LogP contribution in [0.3, 0.4) is 0 Å². The number of thioether (sulfide) groups is 1. The topological polar surface area (TPSA) is 55.6 Å². The Morgan fingerprint density at radius 2 is 1.86 bits per heavy atom. The fraction of sp³-hybridized carbons (Fsp3) is 0.0909. The van der Waals surface area contributed by atoms with Gasteiger partial charge in [0.25, 0.3) is 5.91 Å². The number of carbonyl (C=O) groups excluding carboxylic acids is 1. The van der Waals surface area contributed by atoms with Crippen molar-refractivity contribution in [2.24, 2.45) is 4.99 Å². The maximum Gasteiger partial charge on any atom is 0.264 e. The van der Waals surface area contributed by atoms with Crippen molar-refractivity contribution in [3.63, 3.8) is 0 Å². The van der Waals surface area contributed by atoms with E-state index in [0.717, 1.165) is 28.4 Å². The number of para-hydroxylation sites is 1. The number of nitrogens with one attached hydrogen (secondary N) is 1. The van der Waals surface area contributed by atoms with Crippen molar-refractivity contribution in [1.29, 1.82) is 0 Å². The Bertz CT molecular complexity index is 1070. The van der Waals surface area contributed by atoms with Gasteiger partial charge in [-0.1, -0.05) is 18.2 Å². The standard InChI is InChI=1S/C22H19N3O2S/c1-15-12-16(14-25(15)18-8-10-19(27-2)11-9-18)13-20-21(26)24-22(28-20)23-17-6-4-3-5-7-17/h3-14H,1-2H3,(H,23,24,26)/b20-13+. The third-order valence-electron chi connectivity index (χ3n) is 4.32. The van der Waals surface area contributed by atoms with E-state index in [4.69, 9.17) is 4.74 Å². The Morgan fingerprint density at radius 3 is 2.57 bits per heavy atom. The van der Waals surface area contributed by atoms with Crippen molar-refractivity contribution in [3.8, 4) is 11.4 Å². The highest BCUT2D eigenvalue weighted by Crippen LogP contribution is 2.29. The molecule has 5 nitrogen and oxygen atoms in total. The van der Waals surface area contributed by atoms with Gasteiger partial charge in [0.2, 0.25) is 0 Å². The van der Waals surface area contributed by atoms with E-state index in [1.165, 1.54) is 11.8 Å². The molecule has 1 aliphatic heterocycles. The highest BCUT2D eigenvalue weighted by Gasteiger charge is 2.24. The van der Waals surface area contributed by atoms with Crippen molar-refractivity contribution in [2.75, 3.05) is 7.11 Å². The van der Waals surface area contributed by atoms with E-state index in [-0.39, 0.29) is 5.91 Å². The third kappa shape index (κ3) is 3.87. The number of aromatic nitrogens is 1. The van der Waals surface area contributed by atoms with Gasteiger partial charge in [0.05, 0.1) is 17.7 Å². The van der Waals surface area contributed by atoms with Crippen molar-refractivity contribution >= 4 is 34.6 Å². The summed E-state index contributed by atoms with van der Waals surface area (Å²) in [6.45, 7) is 2.04. The van der Waals surface area contributed by atoms with Crippen LogP contribution in [0.1, 0.15) is 11.3 Å². The first-order chi connectivity index (χ1) is 13.6. The van der Waals surface area contributed by atoms with Gasteiger partial charge in [0.1, 0.15) is 5.75 Å². The summed E-state index contributed by atoms with van der Waals surface area (Å²) < 4.78 is 7.30. The highest BCUT2D eigenvalue weighted by atomic mass is 32.2. The summed E-state index contributed by atoms with van der Waals surface area (Å²) in [5, 5.41) is 3.41. The van der Waals surface area contributed by atoms with Crippen molar-refractivity contribution in [1.82, 2.24) is 9.88 Å². The summed E-state index contributed by atoms with van der Waals surface area (Å²) in [6, 6.07) is 19.5. The summed E-state index contributed by atoms with van der Waals surface area (Å²) >= 11 is 1.35. The van der Waals surface area contributed by atoms with Gasteiger partial charge in [-0.15, -0.1) is 0 Å². The summed E-state index contributed by atoms with van der Waals surface area (Å²) in [4.78, 5) is 17.4. The molecule has 1 aliphatic rings. The fourth-order valence-corrected chi connectivity index (χ4v) is 3.79. The summed E-state index contributed by atoms with van der Waals surface area (Å²) in [5.41, 5.74) is 3.90. The van der Waals surface area contributed by atoms with Crippen LogP contribution in [0, 0.1) is 6.92 Å². The van der Waals surface area contributed by atoms with Gasteiger partial charge < -0.3 is 14.6 Å². The summed E-state index contributed by atoms with van der Waals surface area (Å²) in [7, 11) is 1.65. The largest absolute Gasteiger partial charge is 0.497 e. The SMILES string of the molecule is COc1ccc(-n2cc(/C=C3/SC(=Nc4ccccc4)NC3=O)cc2C)cc1. The van der Waals surface area contributed by atoms with Crippen LogP contribution in [0.25, 0.3) is 11.8 Å². The number of hydrogen-bond donors (Lipinski definition) is 1. The fourth-order valence-electron chi connectivity index (χ4n) is 2.95. The first-order valence-corrected chi connectivity index (χ1v) is 9.62. The average Bonchev–Trinajstić information content (AvgIpc) is 3.24. The van der Waals surface area contributed by atoms with E-state index in [2.05, 4.69) is 20.9 Å². The molecule has 4 rings (SSSR count). The average molecular weight is 389 g/mol. The van der Waals surface area contributed by atoms with Crippen LogP contribution in [0.15, 0.2) is 76.8 Å². The van der Waals surface area contributed by atoms with Crippen molar-refractivity contribution < 1.29 is 9.53 Å². The molecule has 1 fully saturated rings. The number of aryl methyl sites for hydroxylation is 1. The van der Waals surface area contributed by atoms with Gasteiger partial charge >= 0.3 is 0 Å². The lowest BCUT2D eigenvalue weighted by Gasteiger charge is -2.06. The number of nitrogens with zero attached hydrogens (tertiary/aromatic N) is 2. The van der Waals surface area contributed by atoms with Gasteiger partial charge in [0, 0.05) is 17.6 Å². The number of benzene rings is 2. The van der Waals surface area contributed by atoms with Crippen LogP contribution in [0.5, 0.6) is 5.75 Å². The Balaban J connectivity index is 1.57. The third-order valence-corrected chi connectivity index (χ3v) is 5.23. The van der Waals surface area contributed by atoms with E-state index in [0.29, 0.717) is 10.1 Å². The van der Waals surface area contributed by atoms with Gasteiger partial charge in [0.15, 0.2) is 5.17 Å². The molecule has 0 radical (unpaired) electrons.